The summed E-state index contributed by atoms with van der Waals surface area (Å²) in [4.78, 5) is 36.2. The highest BCUT2D eigenvalue weighted by Crippen LogP contribution is 2.40. The Kier molecular flexibility index (Phi) is 8.26. The third kappa shape index (κ3) is 6.11. The number of primary amides is 1. The molecule has 1 aliphatic carbocycles. The molecule has 3 aromatic rings. The number of fused-ring (bicyclic) bond motifs is 1. The van der Waals surface area contributed by atoms with Gasteiger partial charge in [0, 0.05) is 37.3 Å². The zero-order valence-corrected chi connectivity index (χ0v) is 23.8. The molecule has 1 amide bonds. The maximum atomic E-state index is 12.2. The Balaban J connectivity index is 1.26. The summed E-state index contributed by atoms with van der Waals surface area (Å²) in [5.41, 5.74) is 8.13. The van der Waals surface area contributed by atoms with E-state index in [-0.39, 0.29) is 6.01 Å². The van der Waals surface area contributed by atoms with Crippen molar-refractivity contribution in [3.05, 3.63) is 39.8 Å². The van der Waals surface area contributed by atoms with Gasteiger partial charge in [-0.25, -0.2) is 4.99 Å². The number of carbonyl (C=O) groups excluding carboxylic acids is 1. The maximum absolute atomic E-state index is 12.2. The minimum Gasteiger partial charge on any atom is -0.493 e. The minimum absolute atomic E-state index is 0.179. The van der Waals surface area contributed by atoms with Crippen molar-refractivity contribution in [1.82, 2.24) is 15.0 Å². The average molecular weight is 580 g/mol. The van der Waals surface area contributed by atoms with Crippen LogP contribution in [-0.4, -0.2) is 86.8 Å². The van der Waals surface area contributed by atoms with E-state index in [1.165, 1.54) is 4.88 Å². The summed E-state index contributed by atoms with van der Waals surface area (Å²) < 4.78 is 22.8. The number of nitrogens with two attached hydrogens (primary N) is 1. The Bertz CT molecular complexity index is 1400. The summed E-state index contributed by atoms with van der Waals surface area (Å²) in [6.07, 6.45) is 5.74. The number of thiophene rings is 1. The van der Waals surface area contributed by atoms with Crippen molar-refractivity contribution in [3.63, 3.8) is 0 Å². The number of aryl methyl sites for hydroxylation is 1. The molecule has 0 saturated carbocycles. The Morgan fingerprint density at radius 1 is 0.976 bits per heavy atom. The Labute approximate surface area is 242 Å². The Morgan fingerprint density at radius 3 is 2.27 bits per heavy atom. The second-order valence-electron chi connectivity index (χ2n) is 9.94. The number of methoxy groups -OCH3 is 1. The van der Waals surface area contributed by atoms with Crippen LogP contribution in [0, 0.1) is 0 Å². The molecule has 13 heteroatoms. The first kappa shape index (κ1) is 27.4. The molecule has 0 bridgehead atoms. The number of aromatic nitrogens is 3. The number of hydrogen-bond acceptors (Lipinski definition) is 12. The van der Waals surface area contributed by atoms with Crippen LogP contribution in [0.4, 0.5) is 16.9 Å². The van der Waals surface area contributed by atoms with Gasteiger partial charge in [0.1, 0.15) is 5.00 Å². The summed E-state index contributed by atoms with van der Waals surface area (Å²) >= 11 is 1.55. The van der Waals surface area contributed by atoms with Crippen molar-refractivity contribution in [2.24, 2.45) is 10.7 Å². The summed E-state index contributed by atoms with van der Waals surface area (Å²) in [6.45, 7) is 5.20. The summed E-state index contributed by atoms with van der Waals surface area (Å²) in [7, 11) is 1.58. The van der Waals surface area contributed by atoms with Gasteiger partial charge in [-0.2, -0.15) is 15.0 Å². The number of amides is 1. The van der Waals surface area contributed by atoms with E-state index < -0.39 is 5.91 Å². The van der Waals surface area contributed by atoms with Gasteiger partial charge in [0.05, 0.1) is 39.1 Å². The fourth-order valence-corrected chi connectivity index (χ4v) is 6.41. The minimum atomic E-state index is -0.428. The number of benzene rings is 1. The number of carbonyl (C=O) groups is 1. The number of anilines is 2. The van der Waals surface area contributed by atoms with Crippen LogP contribution >= 0.6 is 11.3 Å². The molecule has 2 aliphatic heterocycles. The number of rotatable bonds is 8. The fraction of sp³-hybridized carbons (Fsp3) is 0.464. The summed E-state index contributed by atoms with van der Waals surface area (Å²) in [5.74, 6) is 1.62. The molecule has 216 valence electrons. The van der Waals surface area contributed by atoms with Crippen molar-refractivity contribution in [2.45, 2.75) is 25.7 Å². The highest BCUT2D eigenvalue weighted by Gasteiger charge is 2.24. The van der Waals surface area contributed by atoms with E-state index in [0.717, 1.165) is 36.8 Å². The predicted molar refractivity (Wildman–Crippen MR) is 156 cm³/mol. The van der Waals surface area contributed by atoms with Crippen LogP contribution in [0.5, 0.6) is 17.5 Å². The highest BCUT2D eigenvalue weighted by atomic mass is 32.1. The van der Waals surface area contributed by atoms with Gasteiger partial charge in [0.2, 0.25) is 11.9 Å². The van der Waals surface area contributed by atoms with Gasteiger partial charge in [-0.1, -0.05) is 0 Å². The average Bonchev–Trinajstić information content (AvgIpc) is 3.40. The van der Waals surface area contributed by atoms with Crippen molar-refractivity contribution in [2.75, 3.05) is 69.5 Å². The second kappa shape index (κ2) is 12.4. The van der Waals surface area contributed by atoms with Crippen LogP contribution in [-0.2, 0) is 22.3 Å². The third-order valence-corrected chi connectivity index (χ3v) is 8.50. The SMILES string of the molecule is COc1cc(/C=N/c2sc3c(c2C(N)=O)CCCC3)ccc1Oc1nc(N2CCOCC2)nc(N2CCOCC2)n1. The summed E-state index contributed by atoms with van der Waals surface area (Å²) in [5, 5.41) is 0.653. The molecule has 2 N–H and O–H groups in total. The molecule has 0 unspecified atom stereocenters. The zero-order valence-electron chi connectivity index (χ0n) is 23.0. The van der Waals surface area contributed by atoms with Crippen LogP contribution in [0.15, 0.2) is 23.2 Å². The molecule has 0 radical (unpaired) electrons. The quantitative estimate of drug-likeness (QED) is 0.396. The van der Waals surface area contributed by atoms with Crippen LogP contribution in [0.3, 0.4) is 0 Å². The van der Waals surface area contributed by atoms with Gasteiger partial charge in [-0.05, 0) is 55.0 Å². The molecule has 0 atom stereocenters. The lowest BCUT2D eigenvalue weighted by molar-refractivity contribution is 0.1000. The number of morpholine rings is 2. The van der Waals surface area contributed by atoms with Crippen molar-refractivity contribution < 1.29 is 23.7 Å². The zero-order chi connectivity index (χ0) is 28.2. The lowest BCUT2D eigenvalue weighted by Crippen LogP contribution is -2.40. The van der Waals surface area contributed by atoms with Gasteiger partial charge < -0.3 is 34.5 Å². The van der Waals surface area contributed by atoms with Crippen molar-refractivity contribution in [3.8, 4) is 17.5 Å². The van der Waals surface area contributed by atoms with Crippen LogP contribution in [0.25, 0.3) is 0 Å². The monoisotopic (exact) mass is 579 g/mol. The first-order valence-corrected chi connectivity index (χ1v) is 14.7. The van der Waals surface area contributed by atoms with Crippen LogP contribution in [0.1, 0.15) is 39.2 Å². The van der Waals surface area contributed by atoms with Gasteiger partial charge in [0.25, 0.3) is 5.91 Å². The molecule has 1 aromatic carbocycles. The first-order chi connectivity index (χ1) is 20.1. The molecule has 41 heavy (non-hydrogen) atoms. The molecule has 2 aromatic heterocycles. The van der Waals surface area contributed by atoms with E-state index in [0.29, 0.717) is 86.6 Å². The van der Waals surface area contributed by atoms with Gasteiger partial charge in [-0.15, -0.1) is 11.3 Å². The van der Waals surface area contributed by atoms with Gasteiger partial charge >= 0.3 is 6.01 Å². The van der Waals surface area contributed by atoms with E-state index >= 15 is 0 Å². The molecule has 4 heterocycles. The highest BCUT2D eigenvalue weighted by molar-refractivity contribution is 7.16. The van der Waals surface area contributed by atoms with E-state index in [1.807, 2.05) is 12.1 Å². The van der Waals surface area contributed by atoms with Crippen LogP contribution in [0.2, 0.25) is 0 Å². The molecule has 3 aliphatic rings. The standard InChI is InChI=1S/C28H33N7O5S/c1-37-21-16-18(17-30-25-23(24(29)36)19-4-2-3-5-22(19)41-25)6-7-20(21)40-28-32-26(34-8-12-38-13-9-34)31-27(33-28)35-10-14-39-15-11-35/h6-7,16-17H,2-5,8-15H2,1H3,(H2,29,36)/b30-17+. The third-order valence-electron chi connectivity index (χ3n) is 7.30. The normalized spacial score (nSPS) is 17.5. The van der Waals surface area contributed by atoms with Crippen molar-refractivity contribution >= 4 is 40.4 Å². The topological polar surface area (TPSA) is 138 Å². The maximum Gasteiger partial charge on any atom is 0.328 e. The molecule has 12 nitrogen and oxygen atoms in total. The Hall–Kier alpha value is -3.81. The molecule has 2 fully saturated rings. The van der Waals surface area contributed by atoms with E-state index in [2.05, 4.69) is 24.8 Å². The second-order valence-corrected chi connectivity index (χ2v) is 11.0. The first-order valence-electron chi connectivity index (χ1n) is 13.8. The number of nitrogens with zero attached hydrogens (tertiary/aromatic N) is 6. The Morgan fingerprint density at radius 2 is 1.63 bits per heavy atom. The van der Waals surface area contributed by atoms with Crippen molar-refractivity contribution in [1.29, 1.82) is 0 Å². The molecule has 0 spiro atoms. The smallest absolute Gasteiger partial charge is 0.328 e. The van der Waals surface area contributed by atoms with E-state index in [4.69, 9.17) is 29.7 Å². The van der Waals surface area contributed by atoms with Gasteiger partial charge in [0.15, 0.2) is 11.5 Å². The lowest BCUT2D eigenvalue weighted by atomic mass is 9.95. The van der Waals surface area contributed by atoms with Crippen LogP contribution < -0.4 is 25.0 Å². The molecule has 6 rings (SSSR count). The number of hydrogen-bond donors (Lipinski definition) is 1. The van der Waals surface area contributed by atoms with Gasteiger partial charge in [-0.3, -0.25) is 4.79 Å². The lowest BCUT2D eigenvalue weighted by Gasteiger charge is -2.30. The fourth-order valence-electron chi connectivity index (χ4n) is 5.17. The molecule has 2 saturated heterocycles. The number of aliphatic imine (C=N–C) groups is 1. The predicted octanol–water partition coefficient (Wildman–Crippen LogP) is 3.14. The molecular formula is C28H33N7O5S. The number of ether oxygens (including phenoxy) is 4. The molecular weight excluding hydrogens is 546 g/mol. The van der Waals surface area contributed by atoms with E-state index in [1.54, 1.807) is 30.7 Å². The largest absolute Gasteiger partial charge is 0.493 e. The summed E-state index contributed by atoms with van der Waals surface area (Å²) in [6, 6.07) is 5.66. The van der Waals surface area contributed by atoms with E-state index in [9.17, 15) is 4.79 Å².